The molecule has 2 atom stereocenters. The number of carbonyl (C=O) groups is 2. The number of aromatic nitrogens is 1. The number of hydrogen-bond donors (Lipinski definition) is 2. The first-order chi connectivity index (χ1) is 9.92. The van der Waals surface area contributed by atoms with Gasteiger partial charge in [0.1, 0.15) is 6.04 Å². The second-order valence-corrected chi connectivity index (χ2v) is 6.69. The number of aryl methyl sites for hydroxylation is 2. The molecule has 0 aliphatic carbocycles. The number of anilines is 1. The predicted octanol–water partition coefficient (Wildman–Crippen LogP) is 2.73. The molecule has 0 radical (unpaired) electrons. The summed E-state index contributed by atoms with van der Waals surface area (Å²) in [5, 5.41) is 12.6. The van der Waals surface area contributed by atoms with Crippen LogP contribution in [-0.2, 0) is 11.2 Å². The van der Waals surface area contributed by atoms with Crippen LogP contribution in [0.2, 0.25) is 0 Å². The number of urea groups is 1. The quantitative estimate of drug-likeness (QED) is 0.899. The van der Waals surface area contributed by atoms with Crippen LogP contribution in [0.15, 0.2) is 0 Å². The molecule has 6 nitrogen and oxygen atoms in total. The number of hydrogen-bond acceptors (Lipinski definition) is 4. The van der Waals surface area contributed by atoms with E-state index in [4.69, 9.17) is 0 Å². The molecule has 7 heteroatoms. The molecule has 1 fully saturated rings. The summed E-state index contributed by atoms with van der Waals surface area (Å²) in [5.74, 6) is -0.620. The molecule has 0 bridgehead atoms. The topological polar surface area (TPSA) is 82.5 Å². The van der Waals surface area contributed by atoms with Crippen LogP contribution in [0.1, 0.15) is 37.3 Å². The van der Waals surface area contributed by atoms with E-state index in [0.717, 1.165) is 23.4 Å². The second kappa shape index (κ2) is 6.43. The summed E-state index contributed by atoms with van der Waals surface area (Å²) in [6.07, 6.45) is 2.14. The predicted molar refractivity (Wildman–Crippen MR) is 81.8 cm³/mol. The van der Waals surface area contributed by atoms with Gasteiger partial charge in [0.05, 0.1) is 5.69 Å². The van der Waals surface area contributed by atoms with E-state index in [-0.39, 0.29) is 6.03 Å². The second-order valence-electron chi connectivity index (χ2n) is 5.48. The van der Waals surface area contributed by atoms with Crippen molar-refractivity contribution in [3.8, 4) is 0 Å². The van der Waals surface area contributed by atoms with E-state index >= 15 is 0 Å². The molecule has 1 aliphatic heterocycles. The highest BCUT2D eigenvalue weighted by atomic mass is 32.1. The molecular formula is C14H21N3O3S. The molecule has 2 unspecified atom stereocenters. The Morgan fingerprint density at radius 2 is 2.24 bits per heavy atom. The molecule has 2 N–H and O–H groups in total. The zero-order valence-corrected chi connectivity index (χ0v) is 13.4. The van der Waals surface area contributed by atoms with Gasteiger partial charge in [-0.2, -0.15) is 0 Å². The van der Waals surface area contributed by atoms with E-state index in [1.165, 1.54) is 16.2 Å². The summed E-state index contributed by atoms with van der Waals surface area (Å²) < 4.78 is 0. The van der Waals surface area contributed by atoms with Crippen LogP contribution < -0.4 is 5.32 Å². The molecule has 0 aromatic carbocycles. The van der Waals surface area contributed by atoms with Crippen molar-refractivity contribution in [1.29, 1.82) is 0 Å². The van der Waals surface area contributed by atoms with Crippen LogP contribution in [0.3, 0.4) is 0 Å². The van der Waals surface area contributed by atoms with Crippen molar-refractivity contribution in [2.45, 2.75) is 46.1 Å². The molecule has 1 aliphatic rings. The van der Waals surface area contributed by atoms with Gasteiger partial charge in [-0.15, -0.1) is 11.3 Å². The maximum Gasteiger partial charge on any atom is 0.326 e. The van der Waals surface area contributed by atoms with Gasteiger partial charge in [0.25, 0.3) is 0 Å². The van der Waals surface area contributed by atoms with Gasteiger partial charge in [0, 0.05) is 11.4 Å². The van der Waals surface area contributed by atoms with Crippen LogP contribution in [0.4, 0.5) is 9.93 Å². The molecular weight excluding hydrogens is 290 g/mol. The number of amides is 2. The average Bonchev–Trinajstić information content (AvgIpc) is 2.78. The largest absolute Gasteiger partial charge is 0.480 e. The first-order valence-corrected chi connectivity index (χ1v) is 8.00. The van der Waals surface area contributed by atoms with E-state index in [1.807, 2.05) is 20.8 Å². The molecule has 1 saturated heterocycles. The molecule has 2 heterocycles. The lowest BCUT2D eigenvalue weighted by Gasteiger charge is -2.35. The van der Waals surface area contributed by atoms with Crippen LogP contribution in [-0.4, -0.2) is 39.6 Å². The van der Waals surface area contributed by atoms with E-state index in [2.05, 4.69) is 10.3 Å². The van der Waals surface area contributed by atoms with E-state index < -0.39 is 12.0 Å². The zero-order chi connectivity index (χ0) is 15.6. The highest BCUT2D eigenvalue weighted by Gasteiger charge is 2.35. The monoisotopic (exact) mass is 311 g/mol. The van der Waals surface area contributed by atoms with Gasteiger partial charge in [-0.05, 0) is 32.1 Å². The molecule has 2 rings (SSSR count). The zero-order valence-electron chi connectivity index (χ0n) is 12.5. The summed E-state index contributed by atoms with van der Waals surface area (Å²) in [6.45, 7) is 6.47. The Morgan fingerprint density at radius 3 is 2.81 bits per heavy atom. The number of aliphatic carboxylic acids is 1. The number of piperidine rings is 1. The van der Waals surface area contributed by atoms with Crippen LogP contribution in [0.25, 0.3) is 0 Å². The Balaban J connectivity index is 2.09. The fourth-order valence-electron chi connectivity index (χ4n) is 2.59. The van der Waals surface area contributed by atoms with Crippen molar-refractivity contribution in [2.24, 2.45) is 5.92 Å². The summed E-state index contributed by atoms with van der Waals surface area (Å²) in [5.41, 5.74) is 0.970. The standard InChI is InChI=1S/C14H21N3O3S/c1-4-10-9(3)21-13(15-10)16-14(20)17-6-5-8(2)7-11(17)12(18)19/h8,11H,4-7H2,1-3H3,(H,18,19)(H,15,16,20). The van der Waals surface area contributed by atoms with Gasteiger partial charge in [0.15, 0.2) is 5.13 Å². The number of carboxylic acids is 1. The third-order valence-corrected chi connectivity index (χ3v) is 4.78. The Morgan fingerprint density at radius 1 is 1.52 bits per heavy atom. The van der Waals surface area contributed by atoms with Gasteiger partial charge in [-0.1, -0.05) is 13.8 Å². The molecule has 1 aromatic rings. The van der Waals surface area contributed by atoms with Gasteiger partial charge >= 0.3 is 12.0 Å². The Hall–Kier alpha value is -1.63. The number of nitrogens with one attached hydrogen (secondary N) is 1. The van der Waals surface area contributed by atoms with Crippen molar-refractivity contribution in [2.75, 3.05) is 11.9 Å². The number of rotatable bonds is 3. The van der Waals surface area contributed by atoms with E-state index in [0.29, 0.717) is 24.0 Å². The number of carboxylic acid groups (broad SMARTS) is 1. The Bertz CT molecular complexity index is 544. The average molecular weight is 311 g/mol. The van der Waals surface area contributed by atoms with E-state index in [1.54, 1.807) is 0 Å². The number of carbonyl (C=O) groups excluding carboxylic acids is 1. The normalized spacial score (nSPS) is 22.1. The highest BCUT2D eigenvalue weighted by molar-refractivity contribution is 7.15. The highest BCUT2D eigenvalue weighted by Crippen LogP contribution is 2.26. The third kappa shape index (κ3) is 3.53. The summed E-state index contributed by atoms with van der Waals surface area (Å²) in [7, 11) is 0. The van der Waals surface area contributed by atoms with Gasteiger partial charge in [0.2, 0.25) is 0 Å². The van der Waals surface area contributed by atoms with Crippen molar-refractivity contribution < 1.29 is 14.7 Å². The molecule has 0 spiro atoms. The third-order valence-electron chi connectivity index (χ3n) is 3.85. The van der Waals surface area contributed by atoms with Crippen molar-refractivity contribution in [1.82, 2.24) is 9.88 Å². The fourth-order valence-corrected chi connectivity index (χ4v) is 3.48. The first-order valence-electron chi connectivity index (χ1n) is 7.19. The Labute approximate surface area is 128 Å². The lowest BCUT2D eigenvalue weighted by molar-refractivity contribution is -0.143. The summed E-state index contributed by atoms with van der Waals surface area (Å²) in [6, 6.07) is -1.12. The van der Waals surface area contributed by atoms with E-state index in [9.17, 15) is 14.7 Å². The maximum absolute atomic E-state index is 12.3. The molecule has 21 heavy (non-hydrogen) atoms. The maximum atomic E-state index is 12.3. The lowest BCUT2D eigenvalue weighted by atomic mass is 9.93. The summed E-state index contributed by atoms with van der Waals surface area (Å²) >= 11 is 1.42. The van der Waals surface area contributed by atoms with Crippen LogP contribution in [0.5, 0.6) is 0 Å². The SMILES string of the molecule is CCc1nc(NC(=O)N2CCC(C)CC2C(=O)O)sc1C. The van der Waals surface area contributed by atoms with Gasteiger partial charge in [-0.25, -0.2) is 14.6 Å². The van der Waals surface area contributed by atoms with Gasteiger partial charge < -0.3 is 10.0 Å². The molecule has 1 aromatic heterocycles. The van der Waals surface area contributed by atoms with Gasteiger partial charge in [-0.3, -0.25) is 5.32 Å². The Kier molecular flexibility index (Phi) is 4.82. The van der Waals surface area contributed by atoms with Crippen molar-refractivity contribution in [3.05, 3.63) is 10.6 Å². The van der Waals surface area contributed by atoms with Crippen molar-refractivity contribution >= 4 is 28.5 Å². The minimum absolute atomic E-state index is 0.323. The van der Waals surface area contributed by atoms with Crippen LogP contribution >= 0.6 is 11.3 Å². The minimum atomic E-state index is -0.943. The lowest BCUT2D eigenvalue weighted by Crippen LogP contribution is -2.51. The smallest absolute Gasteiger partial charge is 0.326 e. The number of nitrogens with zero attached hydrogens (tertiary/aromatic N) is 2. The number of likely N-dealkylation sites (tertiary alicyclic amines) is 1. The minimum Gasteiger partial charge on any atom is -0.480 e. The number of thiazole rings is 1. The molecule has 0 saturated carbocycles. The first kappa shape index (κ1) is 15.8. The fraction of sp³-hybridized carbons (Fsp3) is 0.643. The van der Waals surface area contributed by atoms with Crippen molar-refractivity contribution in [3.63, 3.8) is 0 Å². The molecule has 2 amide bonds. The van der Waals surface area contributed by atoms with Crippen LogP contribution in [0, 0.1) is 12.8 Å². The molecule has 116 valence electrons. The summed E-state index contributed by atoms with van der Waals surface area (Å²) in [4.78, 5) is 30.5.